The van der Waals surface area contributed by atoms with Crippen LogP contribution in [0.2, 0.25) is 0 Å². The first-order chi connectivity index (χ1) is 10.1. The number of thiocarbonyl (C=S) groups is 1. The molecular weight excluding hydrogens is 280 g/mol. The summed E-state index contributed by atoms with van der Waals surface area (Å²) in [5, 5.41) is 0. The molecule has 0 spiro atoms. The number of rotatable bonds is 5. The molecule has 0 saturated heterocycles. The fourth-order valence-corrected chi connectivity index (χ4v) is 2.22. The Kier molecular flexibility index (Phi) is 5.06. The average Bonchev–Trinajstić information content (AvgIpc) is 2.48. The van der Waals surface area contributed by atoms with Crippen molar-refractivity contribution in [2.24, 2.45) is 5.73 Å². The van der Waals surface area contributed by atoms with Crippen molar-refractivity contribution in [3.05, 3.63) is 71.3 Å². The minimum atomic E-state index is 0.0851. The van der Waals surface area contributed by atoms with Gasteiger partial charge >= 0.3 is 0 Å². The number of nitrogens with zero attached hydrogens (tertiary/aromatic N) is 1. The van der Waals surface area contributed by atoms with E-state index in [0.29, 0.717) is 18.0 Å². The van der Waals surface area contributed by atoms with E-state index in [1.54, 1.807) is 11.9 Å². The summed E-state index contributed by atoms with van der Waals surface area (Å²) in [5.74, 6) is 0.0851. The fraction of sp³-hybridized carbons (Fsp3) is 0.176. The van der Waals surface area contributed by atoms with E-state index in [1.165, 1.54) is 0 Å². The lowest BCUT2D eigenvalue weighted by atomic mass is 10.1. The van der Waals surface area contributed by atoms with Crippen LogP contribution in [0, 0.1) is 0 Å². The molecule has 2 aromatic rings. The zero-order valence-corrected chi connectivity index (χ0v) is 12.8. The summed E-state index contributed by atoms with van der Waals surface area (Å²) >= 11 is 4.97. The summed E-state index contributed by atoms with van der Waals surface area (Å²) < 4.78 is 0. The van der Waals surface area contributed by atoms with E-state index in [1.807, 2.05) is 54.6 Å². The zero-order valence-electron chi connectivity index (χ0n) is 12.0. The van der Waals surface area contributed by atoms with Gasteiger partial charge < -0.3 is 10.6 Å². The van der Waals surface area contributed by atoms with Crippen LogP contribution in [0.4, 0.5) is 0 Å². The topological polar surface area (TPSA) is 46.3 Å². The standard InChI is InChI=1S/C17H18N2OS/c1-19(16(20)11-13-6-3-2-4-7-13)12-14-8-5-9-15(10-14)17(18)21/h2-10H,11-12H2,1H3,(H2,18,21). The zero-order chi connectivity index (χ0) is 15.2. The van der Waals surface area contributed by atoms with E-state index in [0.717, 1.165) is 16.7 Å². The Bertz CT molecular complexity index is 640. The largest absolute Gasteiger partial charge is 0.389 e. The van der Waals surface area contributed by atoms with Crippen molar-refractivity contribution in [2.75, 3.05) is 7.05 Å². The predicted molar refractivity (Wildman–Crippen MR) is 88.9 cm³/mol. The molecule has 2 N–H and O–H groups in total. The van der Waals surface area contributed by atoms with Crippen molar-refractivity contribution in [1.29, 1.82) is 0 Å². The minimum Gasteiger partial charge on any atom is -0.389 e. The summed E-state index contributed by atoms with van der Waals surface area (Å²) in [6.07, 6.45) is 0.409. The van der Waals surface area contributed by atoms with Gasteiger partial charge in [0.25, 0.3) is 0 Å². The van der Waals surface area contributed by atoms with Crippen LogP contribution in [0.1, 0.15) is 16.7 Å². The molecule has 0 bridgehead atoms. The molecule has 0 aliphatic heterocycles. The number of hydrogen-bond donors (Lipinski definition) is 1. The Labute approximate surface area is 130 Å². The first kappa shape index (κ1) is 15.2. The summed E-state index contributed by atoms with van der Waals surface area (Å²) in [7, 11) is 1.80. The smallest absolute Gasteiger partial charge is 0.227 e. The molecule has 2 rings (SSSR count). The molecule has 0 fully saturated rings. The molecule has 0 aliphatic rings. The Morgan fingerprint density at radius 3 is 2.43 bits per heavy atom. The highest BCUT2D eigenvalue weighted by Crippen LogP contribution is 2.09. The second-order valence-corrected chi connectivity index (χ2v) is 5.42. The van der Waals surface area contributed by atoms with Crippen molar-refractivity contribution in [3.8, 4) is 0 Å². The maximum absolute atomic E-state index is 12.2. The van der Waals surface area contributed by atoms with Gasteiger partial charge in [0, 0.05) is 19.2 Å². The van der Waals surface area contributed by atoms with Crippen LogP contribution >= 0.6 is 12.2 Å². The van der Waals surface area contributed by atoms with E-state index in [-0.39, 0.29) is 5.91 Å². The second-order valence-electron chi connectivity index (χ2n) is 4.98. The Morgan fingerprint density at radius 2 is 1.76 bits per heavy atom. The van der Waals surface area contributed by atoms with Crippen LogP contribution in [-0.2, 0) is 17.8 Å². The molecule has 3 nitrogen and oxygen atoms in total. The molecule has 0 aliphatic carbocycles. The predicted octanol–water partition coefficient (Wildman–Crippen LogP) is 2.52. The van der Waals surface area contributed by atoms with E-state index >= 15 is 0 Å². The fourth-order valence-electron chi connectivity index (χ4n) is 2.09. The van der Waals surface area contributed by atoms with Crippen LogP contribution in [-0.4, -0.2) is 22.8 Å². The Hall–Kier alpha value is -2.20. The van der Waals surface area contributed by atoms with Crippen LogP contribution in [0.15, 0.2) is 54.6 Å². The monoisotopic (exact) mass is 298 g/mol. The maximum atomic E-state index is 12.2. The molecule has 1 amide bonds. The third-order valence-corrected chi connectivity index (χ3v) is 3.49. The highest BCUT2D eigenvalue weighted by Gasteiger charge is 2.10. The van der Waals surface area contributed by atoms with E-state index in [4.69, 9.17) is 18.0 Å². The molecule has 0 radical (unpaired) electrons. The van der Waals surface area contributed by atoms with Gasteiger partial charge in [-0.2, -0.15) is 0 Å². The molecule has 0 saturated carbocycles. The van der Waals surface area contributed by atoms with E-state index in [9.17, 15) is 4.79 Å². The first-order valence-corrected chi connectivity index (χ1v) is 7.13. The lowest BCUT2D eigenvalue weighted by Gasteiger charge is -2.18. The van der Waals surface area contributed by atoms with E-state index in [2.05, 4.69) is 0 Å². The van der Waals surface area contributed by atoms with Crippen molar-refractivity contribution >= 4 is 23.1 Å². The van der Waals surface area contributed by atoms with Gasteiger partial charge in [-0.15, -0.1) is 0 Å². The maximum Gasteiger partial charge on any atom is 0.227 e. The molecule has 0 unspecified atom stereocenters. The van der Waals surface area contributed by atoms with Gasteiger partial charge in [0.15, 0.2) is 0 Å². The van der Waals surface area contributed by atoms with Gasteiger partial charge in [-0.05, 0) is 17.2 Å². The van der Waals surface area contributed by atoms with Crippen LogP contribution in [0.25, 0.3) is 0 Å². The van der Waals surface area contributed by atoms with E-state index < -0.39 is 0 Å². The highest BCUT2D eigenvalue weighted by molar-refractivity contribution is 7.80. The summed E-state index contributed by atoms with van der Waals surface area (Å²) in [5.41, 5.74) is 8.49. The number of likely N-dealkylation sites (N-methyl/N-ethyl adjacent to an activating group) is 1. The van der Waals surface area contributed by atoms with Crippen LogP contribution in [0.3, 0.4) is 0 Å². The normalized spacial score (nSPS) is 10.1. The second kappa shape index (κ2) is 6.99. The minimum absolute atomic E-state index is 0.0851. The molecule has 0 heterocycles. The molecule has 21 heavy (non-hydrogen) atoms. The number of carbonyl (C=O) groups is 1. The number of nitrogens with two attached hydrogens (primary N) is 1. The van der Waals surface area contributed by atoms with Gasteiger partial charge in [-0.25, -0.2) is 0 Å². The molecule has 2 aromatic carbocycles. The lowest BCUT2D eigenvalue weighted by Crippen LogP contribution is -2.27. The van der Waals surface area contributed by atoms with Gasteiger partial charge in [-0.3, -0.25) is 4.79 Å². The first-order valence-electron chi connectivity index (χ1n) is 6.73. The molecule has 4 heteroatoms. The third-order valence-electron chi connectivity index (χ3n) is 3.26. The van der Waals surface area contributed by atoms with Gasteiger partial charge in [0.1, 0.15) is 4.99 Å². The van der Waals surface area contributed by atoms with Crippen molar-refractivity contribution in [1.82, 2.24) is 4.90 Å². The molecule has 0 atom stereocenters. The summed E-state index contributed by atoms with van der Waals surface area (Å²) in [4.78, 5) is 14.3. The van der Waals surface area contributed by atoms with Gasteiger partial charge in [0.05, 0.1) is 6.42 Å². The van der Waals surface area contributed by atoms with Crippen molar-refractivity contribution in [2.45, 2.75) is 13.0 Å². The number of hydrogen-bond acceptors (Lipinski definition) is 2. The quantitative estimate of drug-likeness (QED) is 0.863. The molecular formula is C17H18N2OS. The Balaban J connectivity index is 2.00. The van der Waals surface area contributed by atoms with Gasteiger partial charge in [0.2, 0.25) is 5.91 Å². The van der Waals surface area contributed by atoms with Crippen molar-refractivity contribution in [3.63, 3.8) is 0 Å². The highest BCUT2D eigenvalue weighted by atomic mass is 32.1. The van der Waals surface area contributed by atoms with Crippen LogP contribution < -0.4 is 5.73 Å². The Morgan fingerprint density at radius 1 is 1.10 bits per heavy atom. The lowest BCUT2D eigenvalue weighted by molar-refractivity contribution is -0.129. The molecule has 0 aromatic heterocycles. The molecule has 108 valence electrons. The summed E-state index contributed by atoms with van der Waals surface area (Å²) in [6.45, 7) is 0.544. The number of benzene rings is 2. The van der Waals surface area contributed by atoms with Crippen molar-refractivity contribution < 1.29 is 4.79 Å². The summed E-state index contributed by atoms with van der Waals surface area (Å²) in [6, 6.07) is 17.4. The SMILES string of the molecule is CN(Cc1cccc(C(N)=S)c1)C(=O)Cc1ccccc1. The van der Waals surface area contributed by atoms with Crippen LogP contribution in [0.5, 0.6) is 0 Å². The number of amides is 1. The average molecular weight is 298 g/mol. The van der Waals surface area contributed by atoms with Gasteiger partial charge in [-0.1, -0.05) is 60.7 Å². The number of carbonyl (C=O) groups excluding carboxylic acids is 1. The third kappa shape index (κ3) is 4.39.